The van der Waals surface area contributed by atoms with Crippen LogP contribution in [0.2, 0.25) is 0 Å². The van der Waals surface area contributed by atoms with E-state index in [2.05, 4.69) is 17.1 Å². The number of aromatic nitrogens is 2. The number of ketones is 1. The Morgan fingerprint density at radius 3 is 2.76 bits per heavy atom. The predicted octanol–water partition coefficient (Wildman–Crippen LogP) is 2.63. The van der Waals surface area contributed by atoms with Gasteiger partial charge in [-0.2, -0.15) is 0 Å². The third kappa shape index (κ3) is 2.14. The number of rotatable bonds is 4. The summed E-state index contributed by atoms with van der Waals surface area (Å²) in [5, 5.41) is 4.08. The Labute approximate surface area is 123 Å². The van der Waals surface area contributed by atoms with Crippen LogP contribution in [0.1, 0.15) is 47.1 Å². The summed E-state index contributed by atoms with van der Waals surface area (Å²) in [6.07, 6.45) is 3.79. The zero-order valence-electron chi connectivity index (χ0n) is 12.2. The van der Waals surface area contributed by atoms with E-state index in [1.54, 1.807) is 6.33 Å². The number of imidazole rings is 1. The van der Waals surface area contributed by atoms with E-state index in [1.807, 2.05) is 28.8 Å². The van der Waals surface area contributed by atoms with Crippen LogP contribution in [0.3, 0.4) is 0 Å². The lowest BCUT2D eigenvalue weighted by Crippen LogP contribution is -2.24. The van der Waals surface area contributed by atoms with Crippen molar-refractivity contribution in [1.29, 1.82) is 0 Å². The van der Waals surface area contributed by atoms with Crippen LogP contribution in [0.4, 0.5) is 0 Å². The van der Waals surface area contributed by atoms with Crippen molar-refractivity contribution in [2.75, 3.05) is 7.11 Å². The smallest absolute Gasteiger partial charge is 0.212 e. The summed E-state index contributed by atoms with van der Waals surface area (Å²) >= 11 is 0. The summed E-state index contributed by atoms with van der Waals surface area (Å²) in [4.78, 5) is 22.1. The summed E-state index contributed by atoms with van der Waals surface area (Å²) in [5.74, 6) is 0.00394. The molecule has 21 heavy (non-hydrogen) atoms. The van der Waals surface area contributed by atoms with E-state index in [4.69, 9.17) is 4.84 Å². The lowest BCUT2D eigenvalue weighted by Gasteiger charge is -2.17. The number of hydrogen-bond donors (Lipinski definition) is 0. The molecule has 1 aromatic carbocycles. The first-order chi connectivity index (χ1) is 10.3. The standard InChI is InChI=1S/C16H17N3O2/c1-3-4-9-19-10-17-14-13(18-21-2)11-7-5-6-8-12(11)16(20)15(14)19/h5-8,10H,3-4,9H2,1-2H3/b18-13-. The fourth-order valence-corrected chi connectivity index (χ4v) is 2.62. The molecule has 0 saturated carbocycles. The van der Waals surface area contributed by atoms with Crippen LogP contribution in [0.25, 0.3) is 0 Å². The number of hydrogen-bond acceptors (Lipinski definition) is 4. The van der Waals surface area contributed by atoms with Crippen molar-refractivity contribution in [2.24, 2.45) is 5.16 Å². The minimum atomic E-state index is 0.00394. The van der Waals surface area contributed by atoms with Gasteiger partial charge in [-0.15, -0.1) is 0 Å². The molecule has 0 radical (unpaired) electrons. The maximum Gasteiger partial charge on any atom is 0.212 e. The lowest BCUT2D eigenvalue weighted by atomic mass is 9.89. The zero-order valence-corrected chi connectivity index (χ0v) is 12.2. The number of unbranched alkanes of at least 4 members (excludes halogenated alkanes) is 1. The molecule has 0 bridgehead atoms. The lowest BCUT2D eigenvalue weighted by molar-refractivity contribution is 0.102. The molecule has 1 aromatic heterocycles. The van der Waals surface area contributed by atoms with E-state index < -0.39 is 0 Å². The SMILES string of the molecule is CCCCn1cnc2c1C(=O)c1ccccc1/C2=N/OC. The van der Waals surface area contributed by atoms with Crippen molar-refractivity contribution in [3.8, 4) is 0 Å². The normalized spacial score (nSPS) is 15.0. The number of aryl methyl sites for hydroxylation is 1. The summed E-state index contributed by atoms with van der Waals surface area (Å²) in [5.41, 5.74) is 3.27. The molecule has 5 nitrogen and oxygen atoms in total. The highest BCUT2D eigenvalue weighted by molar-refractivity contribution is 6.28. The van der Waals surface area contributed by atoms with Crippen molar-refractivity contribution in [3.63, 3.8) is 0 Å². The van der Waals surface area contributed by atoms with Gasteiger partial charge in [0.15, 0.2) is 0 Å². The highest BCUT2D eigenvalue weighted by Crippen LogP contribution is 2.27. The van der Waals surface area contributed by atoms with Crippen LogP contribution in [-0.2, 0) is 11.4 Å². The molecule has 0 unspecified atom stereocenters. The Bertz CT molecular complexity index is 716. The van der Waals surface area contributed by atoms with Crippen molar-refractivity contribution in [2.45, 2.75) is 26.3 Å². The van der Waals surface area contributed by atoms with Gasteiger partial charge in [0.2, 0.25) is 5.78 Å². The van der Waals surface area contributed by atoms with Crippen LogP contribution in [0, 0.1) is 0 Å². The van der Waals surface area contributed by atoms with Gasteiger partial charge in [0.1, 0.15) is 24.2 Å². The van der Waals surface area contributed by atoms with E-state index >= 15 is 0 Å². The van der Waals surface area contributed by atoms with Gasteiger partial charge in [0, 0.05) is 17.7 Å². The number of oxime groups is 1. The fraction of sp³-hybridized carbons (Fsp3) is 0.312. The molecular weight excluding hydrogens is 266 g/mol. The van der Waals surface area contributed by atoms with Crippen molar-refractivity contribution >= 4 is 11.5 Å². The van der Waals surface area contributed by atoms with Crippen LogP contribution >= 0.6 is 0 Å². The van der Waals surface area contributed by atoms with Crippen LogP contribution in [-0.4, -0.2) is 28.2 Å². The van der Waals surface area contributed by atoms with Gasteiger partial charge in [-0.3, -0.25) is 4.79 Å². The predicted molar refractivity (Wildman–Crippen MR) is 79.7 cm³/mol. The average molecular weight is 283 g/mol. The molecule has 1 heterocycles. The third-order valence-corrected chi connectivity index (χ3v) is 3.64. The second-order valence-corrected chi connectivity index (χ2v) is 4.99. The number of carbonyl (C=O) groups excluding carboxylic acids is 1. The highest BCUT2D eigenvalue weighted by atomic mass is 16.6. The molecule has 0 amide bonds. The second-order valence-electron chi connectivity index (χ2n) is 4.99. The molecule has 0 saturated heterocycles. The molecule has 0 N–H and O–H groups in total. The van der Waals surface area contributed by atoms with Gasteiger partial charge in [-0.25, -0.2) is 4.98 Å². The average Bonchev–Trinajstić information content (AvgIpc) is 2.93. The molecule has 0 atom stereocenters. The Morgan fingerprint density at radius 2 is 2.05 bits per heavy atom. The first-order valence-electron chi connectivity index (χ1n) is 7.08. The van der Waals surface area contributed by atoms with Gasteiger partial charge < -0.3 is 9.40 Å². The summed E-state index contributed by atoms with van der Waals surface area (Å²) in [7, 11) is 1.50. The van der Waals surface area contributed by atoms with Crippen molar-refractivity contribution < 1.29 is 9.63 Å². The highest BCUT2D eigenvalue weighted by Gasteiger charge is 2.32. The van der Waals surface area contributed by atoms with Crippen LogP contribution < -0.4 is 0 Å². The molecule has 3 rings (SSSR count). The quantitative estimate of drug-likeness (QED) is 0.692. The van der Waals surface area contributed by atoms with Gasteiger partial charge in [0.25, 0.3) is 0 Å². The van der Waals surface area contributed by atoms with Gasteiger partial charge >= 0.3 is 0 Å². The largest absolute Gasteiger partial charge is 0.399 e. The number of benzene rings is 1. The van der Waals surface area contributed by atoms with Gasteiger partial charge in [-0.1, -0.05) is 42.8 Å². The molecular formula is C16H17N3O2. The molecule has 1 aliphatic rings. The van der Waals surface area contributed by atoms with Crippen molar-refractivity contribution in [3.05, 3.63) is 53.1 Å². The number of nitrogens with zero attached hydrogens (tertiary/aromatic N) is 3. The van der Waals surface area contributed by atoms with E-state index in [0.717, 1.165) is 24.9 Å². The molecule has 0 fully saturated rings. The minimum absolute atomic E-state index is 0.00394. The van der Waals surface area contributed by atoms with Crippen LogP contribution in [0.15, 0.2) is 35.7 Å². The fourth-order valence-electron chi connectivity index (χ4n) is 2.62. The summed E-state index contributed by atoms with van der Waals surface area (Å²) in [6.45, 7) is 2.91. The Morgan fingerprint density at radius 1 is 1.29 bits per heavy atom. The van der Waals surface area contributed by atoms with E-state index in [0.29, 0.717) is 22.7 Å². The topological polar surface area (TPSA) is 56.5 Å². The van der Waals surface area contributed by atoms with E-state index in [9.17, 15) is 4.79 Å². The Hall–Kier alpha value is -2.43. The Balaban J connectivity index is 2.17. The van der Waals surface area contributed by atoms with Crippen molar-refractivity contribution in [1.82, 2.24) is 9.55 Å². The number of fused-ring (bicyclic) bond motifs is 2. The second kappa shape index (κ2) is 5.52. The van der Waals surface area contributed by atoms with Gasteiger partial charge in [-0.05, 0) is 6.42 Å². The van der Waals surface area contributed by atoms with Crippen LogP contribution in [0.5, 0.6) is 0 Å². The first-order valence-corrected chi connectivity index (χ1v) is 7.08. The molecule has 2 aromatic rings. The van der Waals surface area contributed by atoms with E-state index in [1.165, 1.54) is 7.11 Å². The van der Waals surface area contributed by atoms with E-state index in [-0.39, 0.29) is 5.78 Å². The molecule has 0 spiro atoms. The number of carbonyl (C=O) groups is 1. The molecule has 1 aliphatic carbocycles. The van der Waals surface area contributed by atoms with Gasteiger partial charge in [0.05, 0.1) is 6.33 Å². The first kappa shape index (κ1) is 13.5. The maximum atomic E-state index is 12.7. The monoisotopic (exact) mass is 283 g/mol. The maximum absolute atomic E-state index is 12.7. The molecule has 0 aliphatic heterocycles. The zero-order chi connectivity index (χ0) is 14.8. The molecule has 5 heteroatoms. The summed E-state index contributed by atoms with van der Waals surface area (Å²) < 4.78 is 1.92. The third-order valence-electron chi connectivity index (χ3n) is 3.64. The Kier molecular flexibility index (Phi) is 3.56. The minimum Gasteiger partial charge on any atom is -0.399 e. The summed E-state index contributed by atoms with van der Waals surface area (Å²) in [6, 6.07) is 7.44. The molecule has 108 valence electrons.